The molecular weight excluding hydrogens is 312 g/mol. The molecule has 0 aliphatic heterocycles. The zero-order valence-electron chi connectivity index (χ0n) is 13.2. The first-order valence-electron chi connectivity index (χ1n) is 7.26. The van der Waals surface area contributed by atoms with Gasteiger partial charge in [0.15, 0.2) is 0 Å². The van der Waals surface area contributed by atoms with Crippen LogP contribution in [0.2, 0.25) is 0 Å². The van der Waals surface area contributed by atoms with Gasteiger partial charge in [-0.1, -0.05) is 30.3 Å². The first kappa shape index (κ1) is 17.2. The fourth-order valence-electron chi connectivity index (χ4n) is 2.05. The van der Waals surface area contributed by atoms with E-state index in [2.05, 4.69) is 5.32 Å². The summed E-state index contributed by atoms with van der Waals surface area (Å²) in [4.78, 5) is 12.1. The number of nitrogens with zero attached hydrogens (tertiary/aromatic N) is 1. The Morgan fingerprint density at radius 2 is 1.61 bits per heavy atom. The standard InChI is InChI=1S/C17H20N2O3S/c1-19(2)23(21,22)16-11-9-15(10-12-16)18-17(20)13-8-14-6-4-3-5-7-14/h3-7,9-12H,8,13H2,1-2H3,(H,18,20). The van der Waals surface area contributed by atoms with Crippen molar-refractivity contribution in [1.29, 1.82) is 0 Å². The Morgan fingerprint density at radius 1 is 1.00 bits per heavy atom. The molecule has 0 bridgehead atoms. The Kier molecular flexibility index (Phi) is 5.52. The molecule has 6 heteroatoms. The number of aryl methyl sites for hydroxylation is 1. The van der Waals surface area contributed by atoms with Crippen LogP contribution in [0.1, 0.15) is 12.0 Å². The number of hydrogen-bond donors (Lipinski definition) is 1. The maximum Gasteiger partial charge on any atom is 0.242 e. The average Bonchev–Trinajstić information content (AvgIpc) is 2.54. The third-order valence-corrected chi connectivity index (χ3v) is 5.23. The molecule has 1 N–H and O–H groups in total. The summed E-state index contributed by atoms with van der Waals surface area (Å²) in [5, 5.41) is 2.77. The highest BCUT2D eigenvalue weighted by molar-refractivity contribution is 7.89. The van der Waals surface area contributed by atoms with E-state index in [9.17, 15) is 13.2 Å². The molecule has 5 nitrogen and oxygen atoms in total. The molecular formula is C17H20N2O3S. The lowest BCUT2D eigenvalue weighted by molar-refractivity contribution is -0.116. The number of carbonyl (C=O) groups excluding carboxylic acids is 1. The van der Waals surface area contributed by atoms with Gasteiger partial charge in [0.2, 0.25) is 15.9 Å². The molecule has 0 atom stereocenters. The Hall–Kier alpha value is -2.18. The molecule has 0 saturated carbocycles. The molecule has 0 fully saturated rings. The van der Waals surface area contributed by atoms with Crippen molar-refractivity contribution in [2.75, 3.05) is 19.4 Å². The van der Waals surface area contributed by atoms with Crippen molar-refractivity contribution >= 4 is 21.6 Å². The number of rotatable bonds is 6. The van der Waals surface area contributed by atoms with Crippen molar-refractivity contribution in [3.05, 3.63) is 60.2 Å². The third kappa shape index (κ3) is 4.64. The van der Waals surface area contributed by atoms with Crippen LogP contribution in [-0.4, -0.2) is 32.7 Å². The number of carbonyl (C=O) groups is 1. The lowest BCUT2D eigenvalue weighted by Gasteiger charge is -2.12. The summed E-state index contributed by atoms with van der Waals surface area (Å²) in [5.41, 5.74) is 1.69. The van der Waals surface area contributed by atoms with Crippen LogP contribution in [0.3, 0.4) is 0 Å². The summed E-state index contributed by atoms with van der Waals surface area (Å²) in [7, 11) is -0.486. The maximum atomic E-state index is 12.0. The largest absolute Gasteiger partial charge is 0.326 e. The summed E-state index contributed by atoms with van der Waals surface area (Å²) < 4.78 is 25.1. The van der Waals surface area contributed by atoms with Crippen LogP contribution in [0, 0.1) is 0 Å². The van der Waals surface area contributed by atoms with Gasteiger partial charge in [0.1, 0.15) is 0 Å². The van der Waals surface area contributed by atoms with Crippen molar-refractivity contribution < 1.29 is 13.2 Å². The first-order valence-corrected chi connectivity index (χ1v) is 8.70. The topological polar surface area (TPSA) is 66.5 Å². The van der Waals surface area contributed by atoms with Gasteiger partial charge >= 0.3 is 0 Å². The van der Waals surface area contributed by atoms with Crippen molar-refractivity contribution in [3.8, 4) is 0 Å². The Balaban J connectivity index is 1.94. The molecule has 0 saturated heterocycles. The molecule has 0 aliphatic carbocycles. The highest BCUT2D eigenvalue weighted by atomic mass is 32.2. The summed E-state index contributed by atoms with van der Waals surface area (Å²) in [6.45, 7) is 0. The lowest BCUT2D eigenvalue weighted by atomic mass is 10.1. The van der Waals surface area contributed by atoms with Crippen molar-refractivity contribution in [1.82, 2.24) is 4.31 Å². The second-order valence-electron chi connectivity index (χ2n) is 5.35. The van der Waals surface area contributed by atoms with E-state index in [0.29, 0.717) is 18.5 Å². The van der Waals surface area contributed by atoms with Gasteiger partial charge in [-0.25, -0.2) is 12.7 Å². The number of nitrogens with one attached hydrogen (secondary N) is 1. The van der Waals surface area contributed by atoms with Crippen LogP contribution in [-0.2, 0) is 21.2 Å². The average molecular weight is 332 g/mol. The Morgan fingerprint density at radius 3 is 2.17 bits per heavy atom. The zero-order valence-corrected chi connectivity index (χ0v) is 14.0. The molecule has 2 rings (SSSR count). The molecule has 122 valence electrons. The minimum Gasteiger partial charge on any atom is -0.326 e. The second-order valence-corrected chi connectivity index (χ2v) is 7.50. The van der Waals surface area contributed by atoms with E-state index in [0.717, 1.165) is 9.87 Å². The van der Waals surface area contributed by atoms with Gasteiger partial charge in [-0.15, -0.1) is 0 Å². The van der Waals surface area contributed by atoms with E-state index in [-0.39, 0.29) is 10.8 Å². The predicted molar refractivity (Wildman–Crippen MR) is 90.7 cm³/mol. The van der Waals surface area contributed by atoms with Crippen LogP contribution in [0.25, 0.3) is 0 Å². The molecule has 0 heterocycles. The van der Waals surface area contributed by atoms with Gasteiger partial charge in [-0.3, -0.25) is 4.79 Å². The highest BCUT2D eigenvalue weighted by Crippen LogP contribution is 2.17. The molecule has 0 spiro atoms. The minimum absolute atomic E-state index is 0.0999. The van der Waals surface area contributed by atoms with Crippen LogP contribution >= 0.6 is 0 Å². The predicted octanol–water partition coefficient (Wildman–Crippen LogP) is 2.51. The number of sulfonamides is 1. The van der Waals surface area contributed by atoms with Crippen molar-refractivity contribution in [2.24, 2.45) is 0 Å². The van der Waals surface area contributed by atoms with Crippen LogP contribution in [0.4, 0.5) is 5.69 Å². The smallest absolute Gasteiger partial charge is 0.242 e. The quantitative estimate of drug-likeness (QED) is 0.884. The normalized spacial score (nSPS) is 11.4. The van der Waals surface area contributed by atoms with Gasteiger partial charge < -0.3 is 5.32 Å². The number of hydrogen-bond acceptors (Lipinski definition) is 3. The van der Waals surface area contributed by atoms with Crippen LogP contribution in [0.15, 0.2) is 59.5 Å². The molecule has 0 aliphatic rings. The molecule has 23 heavy (non-hydrogen) atoms. The zero-order chi connectivity index (χ0) is 16.9. The van der Waals surface area contributed by atoms with Gasteiger partial charge in [-0.05, 0) is 36.2 Å². The molecule has 0 radical (unpaired) electrons. The molecule has 0 unspecified atom stereocenters. The lowest BCUT2D eigenvalue weighted by Crippen LogP contribution is -2.22. The minimum atomic E-state index is -3.45. The fraction of sp³-hybridized carbons (Fsp3) is 0.235. The summed E-state index contributed by atoms with van der Waals surface area (Å²) >= 11 is 0. The Bertz CT molecular complexity index is 754. The second kappa shape index (κ2) is 7.39. The van der Waals surface area contributed by atoms with Crippen molar-refractivity contribution in [3.63, 3.8) is 0 Å². The van der Waals surface area contributed by atoms with Crippen molar-refractivity contribution in [2.45, 2.75) is 17.7 Å². The van der Waals surface area contributed by atoms with E-state index < -0.39 is 10.0 Å². The molecule has 2 aromatic carbocycles. The van der Waals surface area contributed by atoms with Gasteiger partial charge in [0.25, 0.3) is 0 Å². The number of anilines is 1. The SMILES string of the molecule is CN(C)S(=O)(=O)c1ccc(NC(=O)CCc2ccccc2)cc1. The van der Waals surface area contributed by atoms with E-state index in [1.165, 1.54) is 26.2 Å². The highest BCUT2D eigenvalue weighted by Gasteiger charge is 2.16. The summed E-state index contributed by atoms with van der Waals surface area (Å²) in [6, 6.07) is 15.9. The summed E-state index contributed by atoms with van der Waals surface area (Å²) in [5.74, 6) is -0.0999. The van der Waals surface area contributed by atoms with E-state index >= 15 is 0 Å². The Labute approximate surface area is 137 Å². The first-order chi connectivity index (χ1) is 10.9. The molecule has 1 amide bonds. The fourth-order valence-corrected chi connectivity index (χ4v) is 2.95. The van der Waals surface area contributed by atoms with E-state index in [1.807, 2.05) is 30.3 Å². The number of benzene rings is 2. The monoisotopic (exact) mass is 332 g/mol. The maximum absolute atomic E-state index is 12.0. The number of amides is 1. The van der Waals surface area contributed by atoms with Gasteiger partial charge in [0, 0.05) is 26.2 Å². The third-order valence-electron chi connectivity index (χ3n) is 3.40. The van der Waals surface area contributed by atoms with Crippen LogP contribution in [0.5, 0.6) is 0 Å². The van der Waals surface area contributed by atoms with E-state index in [4.69, 9.17) is 0 Å². The van der Waals surface area contributed by atoms with Gasteiger partial charge in [0.05, 0.1) is 4.90 Å². The summed E-state index contributed by atoms with van der Waals surface area (Å²) in [6.07, 6.45) is 1.04. The molecule has 0 aromatic heterocycles. The van der Waals surface area contributed by atoms with E-state index in [1.54, 1.807) is 12.1 Å². The molecule has 2 aromatic rings. The van der Waals surface area contributed by atoms with Crippen LogP contribution < -0.4 is 5.32 Å². The van der Waals surface area contributed by atoms with Gasteiger partial charge in [-0.2, -0.15) is 0 Å².